The van der Waals surface area contributed by atoms with Gasteiger partial charge in [0.25, 0.3) is 0 Å². The Bertz CT molecular complexity index is 542. The second-order valence-electron chi connectivity index (χ2n) is 7.97. The molecule has 2 atom stereocenters. The van der Waals surface area contributed by atoms with Gasteiger partial charge in [-0.1, -0.05) is 38.5 Å². The molecule has 3 fully saturated rings. The number of nitrogens with zero attached hydrogens (tertiary/aromatic N) is 2. The highest BCUT2D eigenvalue weighted by molar-refractivity contribution is 7.88. The number of piperidine rings is 2. The summed E-state index contributed by atoms with van der Waals surface area (Å²) in [5.74, 6) is 1.45. The van der Waals surface area contributed by atoms with Crippen LogP contribution in [-0.4, -0.2) is 55.5 Å². The monoisotopic (exact) mass is 356 g/mol. The van der Waals surface area contributed by atoms with Crippen LogP contribution < -0.4 is 0 Å². The van der Waals surface area contributed by atoms with Crippen molar-refractivity contribution in [2.24, 2.45) is 11.8 Å². The largest absolute Gasteiger partial charge is 0.341 e. The SMILES string of the molecule is CS(=O)(=O)N1CCCCC1C(=O)N1CCCC(C2CCCCC2)C1. The molecule has 0 bridgehead atoms. The van der Waals surface area contributed by atoms with Crippen molar-refractivity contribution in [2.45, 2.75) is 70.3 Å². The lowest BCUT2D eigenvalue weighted by Crippen LogP contribution is -2.54. The van der Waals surface area contributed by atoms with Crippen molar-refractivity contribution in [1.82, 2.24) is 9.21 Å². The van der Waals surface area contributed by atoms with Gasteiger partial charge in [-0.15, -0.1) is 0 Å². The molecule has 3 rings (SSSR count). The molecule has 24 heavy (non-hydrogen) atoms. The predicted molar refractivity (Wildman–Crippen MR) is 95.1 cm³/mol. The van der Waals surface area contributed by atoms with E-state index in [1.165, 1.54) is 49.1 Å². The molecule has 2 unspecified atom stereocenters. The molecular weight excluding hydrogens is 324 g/mol. The quantitative estimate of drug-likeness (QED) is 0.781. The van der Waals surface area contributed by atoms with Crippen molar-refractivity contribution in [3.63, 3.8) is 0 Å². The molecule has 1 saturated carbocycles. The fourth-order valence-electron chi connectivity index (χ4n) is 4.96. The zero-order chi connectivity index (χ0) is 17.2. The van der Waals surface area contributed by atoms with E-state index in [4.69, 9.17) is 0 Å². The second kappa shape index (κ2) is 7.73. The third kappa shape index (κ3) is 4.13. The topological polar surface area (TPSA) is 57.7 Å². The molecule has 0 aromatic heterocycles. The number of carbonyl (C=O) groups is 1. The number of likely N-dealkylation sites (tertiary alicyclic amines) is 1. The van der Waals surface area contributed by atoms with Crippen LogP contribution in [-0.2, 0) is 14.8 Å². The highest BCUT2D eigenvalue weighted by Gasteiger charge is 2.39. The third-order valence-corrected chi connectivity index (χ3v) is 7.54. The Hall–Kier alpha value is -0.620. The van der Waals surface area contributed by atoms with Crippen LogP contribution in [0, 0.1) is 11.8 Å². The zero-order valence-corrected chi connectivity index (χ0v) is 15.8. The first-order chi connectivity index (χ1) is 11.5. The fraction of sp³-hybridized carbons (Fsp3) is 0.944. The fourth-order valence-corrected chi connectivity index (χ4v) is 6.08. The number of hydrogen-bond donors (Lipinski definition) is 0. The minimum atomic E-state index is -3.31. The molecule has 5 nitrogen and oxygen atoms in total. The van der Waals surface area contributed by atoms with E-state index >= 15 is 0 Å². The van der Waals surface area contributed by atoms with E-state index in [1.807, 2.05) is 4.90 Å². The summed E-state index contributed by atoms with van der Waals surface area (Å²) in [5, 5.41) is 0. The van der Waals surface area contributed by atoms with Gasteiger partial charge in [0.1, 0.15) is 6.04 Å². The minimum absolute atomic E-state index is 0.0561. The molecule has 0 aromatic carbocycles. The Morgan fingerprint density at radius 1 is 0.833 bits per heavy atom. The van der Waals surface area contributed by atoms with Gasteiger partial charge in [-0.25, -0.2) is 8.42 Å². The third-order valence-electron chi connectivity index (χ3n) is 6.25. The van der Waals surface area contributed by atoms with Crippen molar-refractivity contribution < 1.29 is 13.2 Å². The molecular formula is C18H32N2O3S. The van der Waals surface area contributed by atoms with Gasteiger partial charge in [0.2, 0.25) is 15.9 Å². The molecule has 2 aliphatic heterocycles. The van der Waals surface area contributed by atoms with Crippen molar-refractivity contribution in [2.75, 3.05) is 25.9 Å². The second-order valence-corrected chi connectivity index (χ2v) is 9.90. The Labute approximate surface area is 146 Å². The molecule has 1 aliphatic carbocycles. The number of sulfonamides is 1. The van der Waals surface area contributed by atoms with Gasteiger partial charge >= 0.3 is 0 Å². The zero-order valence-electron chi connectivity index (χ0n) is 15.0. The first kappa shape index (κ1) is 18.2. The van der Waals surface area contributed by atoms with E-state index in [0.717, 1.165) is 38.3 Å². The lowest BCUT2D eigenvalue weighted by molar-refractivity contribution is -0.138. The van der Waals surface area contributed by atoms with E-state index in [0.29, 0.717) is 18.9 Å². The molecule has 0 N–H and O–H groups in total. The summed E-state index contributed by atoms with van der Waals surface area (Å²) in [4.78, 5) is 15.0. The van der Waals surface area contributed by atoms with Crippen molar-refractivity contribution >= 4 is 15.9 Å². The minimum Gasteiger partial charge on any atom is -0.341 e. The van der Waals surface area contributed by atoms with E-state index in [-0.39, 0.29) is 5.91 Å². The maximum absolute atomic E-state index is 13.1. The van der Waals surface area contributed by atoms with Crippen LogP contribution in [0.15, 0.2) is 0 Å². The average Bonchev–Trinajstić information content (AvgIpc) is 2.61. The van der Waals surface area contributed by atoms with E-state index < -0.39 is 16.1 Å². The summed E-state index contributed by atoms with van der Waals surface area (Å²) in [6, 6.07) is -0.459. The normalized spacial score (nSPS) is 31.1. The highest BCUT2D eigenvalue weighted by Crippen LogP contribution is 2.35. The number of rotatable bonds is 3. The summed E-state index contributed by atoms with van der Waals surface area (Å²) in [7, 11) is -3.31. The number of amides is 1. The first-order valence-electron chi connectivity index (χ1n) is 9.72. The molecule has 6 heteroatoms. The van der Waals surface area contributed by atoms with Crippen molar-refractivity contribution in [3.05, 3.63) is 0 Å². The Morgan fingerprint density at radius 2 is 1.50 bits per heavy atom. The van der Waals surface area contributed by atoms with Gasteiger partial charge in [0, 0.05) is 19.6 Å². The molecule has 0 radical (unpaired) electrons. The summed E-state index contributed by atoms with van der Waals surface area (Å²) in [6.45, 7) is 2.14. The molecule has 0 aromatic rings. The molecule has 1 amide bonds. The van der Waals surface area contributed by atoms with Crippen molar-refractivity contribution in [3.8, 4) is 0 Å². The average molecular weight is 357 g/mol. The number of carbonyl (C=O) groups excluding carboxylic acids is 1. The summed E-state index contributed by atoms with van der Waals surface area (Å²) in [6.07, 6.45) is 12.7. The summed E-state index contributed by atoms with van der Waals surface area (Å²) < 4.78 is 25.5. The Balaban J connectivity index is 1.66. The first-order valence-corrected chi connectivity index (χ1v) is 11.6. The molecule has 2 heterocycles. The maximum Gasteiger partial charge on any atom is 0.241 e. The van der Waals surface area contributed by atoms with Crippen LogP contribution in [0.5, 0.6) is 0 Å². The maximum atomic E-state index is 13.1. The van der Waals surface area contributed by atoms with Crippen molar-refractivity contribution in [1.29, 1.82) is 0 Å². The van der Waals surface area contributed by atoms with Crippen LogP contribution in [0.3, 0.4) is 0 Å². The van der Waals surface area contributed by atoms with Gasteiger partial charge in [0.05, 0.1) is 6.26 Å². The Morgan fingerprint density at radius 3 is 2.21 bits per heavy atom. The lowest BCUT2D eigenvalue weighted by atomic mass is 9.76. The van der Waals surface area contributed by atoms with Crippen LogP contribution in [0.4, 0.5) is 0 Å². The smallest absolute Gasteiger partial charge is 0.241 e. The van der Waals surface area contributed by atoms with Crippen LogP contribution in [0.2, 0.25) is 0 Å². The van der Waals surface area contributed by atoms with Gasteiger partial charge < -0.3 is 4.90 Å². The van der Waals surface area contributed by atoms with Gasteiger partial charge in [-0.3, -0.25) is 4.79 Å². The molecule has 3 aliphatic rings. The standard InChI is InChI=1S/C18H32N2O3S/c1-24(22,23)20-13-6-5-11-17(20)18(21)19-12-7-10-16(14-19)15-8-3-2-4-9-15/h15-17H,2-14H2,1H3. The van der Waals surface area contributed by atoms with Gasteiger partial charge in [0.15, 0.2) is 0 Å². The van der Waals surface area contributed by atoms with E-state index in [2.05, 4.69) is 0 Å². The molecule has 138 valence electrons. The number of hydrogen-bond acceptors (Lipinski definition) is 3. The molecule has 2 saturated heterocycles. The molecule has 0 spiro atoms. The van der Waals surface area contributed by atoms with E-state index in [9.17, 15) is 13.2 Å². The Kier molecular flexibility index (Phi) is 5.85. The highest BCUT2D eigenvalue weighted by atomic mass is 32.2. The predicted octanol–water partition coefficient (Wildman–Crippen LogP) is 2.62. The van der Waals surface area contributed by atoms with Gasteiger partial charge in [-0.2, -0.15) is 4.31 Å². The van der Waals surface area contributed by atoms with Crippen LogP contribution >= 0.6 is 0 Å². The van der Waals surface area contributed by atoms with Crippen LogP contribution in [0.1, 0.15) is 64.2 Å². The van der Waals surface area contributed by atoms with Gasteiger partial charge in [-0.05, 0) is 37.5 Å². The van der Waals surface area contributed by atoms with E-state index in [1.54, 1.807) is 0 Å². The summed E-state index contributed by atoms with van der Waals surface area (Å²) in [5.41, 5.74) is 0. The van der Waals surface area contributed by atoms with Crippen LogP contribution in [0.25, 0.3) is 0 Å². The lowest BCUT2D eigenvalue weighted by Gasteiger charge is -2.42. The summed E-state index contributed by atoms with van der Waals surface area (Å²) >= 11 is 0.